The molecular formula is C23H20N4O4S. The van der Waals surface area contributed by atoms with Crippen LogP contribution in [0, 0.1) is 0 Å². The second-order valence-corrected chi connectivity index (χ2v) is 7.71. The second-order valence-electron chi connectivity index (χ2n) is 6.69. The molecule has 2 heterocycles. The Morgan fingerprint density at radius 3 is 2.69 bits per heavy atom. The van der Waals surface area contributed by atoms with Crippen molar-refractivity contribution in [2.24, 2.45) is 5.10 Å². The third kappa shape index (κ3) is 4.29. The molecule has 4 rings (SSSR count). The van der Waals surface area contributed by atoms with Crippen molar-refractivity contribution >= 4 is 39.6 Å². The van der Waals surface area contributed by atoms with Crippen LogP contribution in [0.15, 0.2) is 60.0 Å². The Hall–Kier alpha value is -3.82. The van der Waals surface area contributed by atoms with Crippen LogP contribution in [0.4, 0.5) is 5.82 Å². The van der Waals surface area contributed by atoms with Crippen LogP contribution < -0.4 is 10.2 Å². The lowest BCUT2D eigenvalue weighted by molar-refractivity contribution is 0.0697. The molecule has 0 aliphatic rings. The summed E-state index contributed by atoms with van der Waals surface area (Å²) in [6, 6.07) is 14.1. The Morgan fingerprint density at radius 1 is 1.19 bits per heavy atom. The molecule has 2 aromatic heterocycles. The van der Waals surface area contributed by atoms with E-state index < -0.39 is 5.97 Å². The minimum atomic E-state index is -0.978. The third-order valence-electron chi connectivity index (χ3n) is 4.70. The van der Waals surface area contributed by atoms with Crippen molar-refractivity contribution < 1.29 is 19.7 Å². The van der Waals surface area contributed by atoms with Crippen LogP contribution in [-0.2, 0) is 6.61 Å². The second kappa shape index (κ2) is 9.54. The minimum absolute atomic E-state index is 0.175. The number of hydrogen-bond donors (Lipinski definition) is 3. The van der Waals surface area contributed by atoms with Crippen LogP contribution in [0.1, 0.15) is 28.4 Å². The number of hydrogen-bond acceptors (Lipinski definition) is 8. The summed E-state index contributed by atoms with van der Waals surface area (Å²) in [7, 11) is 0. The SMILES string of the molecule is CCOc1ccccc1-c1sc2c(N/N=C/c3ccc(C(=O)O)cc3)ncnc2c1CO. The summed E-state index contributed by atoms with van der Waals surface area (Å²) in [5.74, 6) is 0.267. The first-order valence-corrected chi connectivity index (χ1v) is 10.7. The molecule has 9 heteroatoms. The first-order chi connectivity index (χ1) is 15.6. The van der Waals surface area contributed by atoms with Crippen LogP contribution in [0.2, 0.25) is 0 Å². The van der Waals surface area contributed by atoms with Gasteiger partial charge in [0.05, 0.1) is 35.2 Å². The molecule has 0 amide bonds. The molecule has 0 saturated carbocycles. The van der Waals surface area contributed by atoms with Gasteiger partial charge in [-0.1, -0.05) is 24.3 Å². The van der Waals surface area contributed by atoms with E-state index >= 15 is 0 Å². The highest BCUT2D eigenvalue weighted by atomic mass is 32.1. The number of nitrogens with one attached hydrogen (secondary N) is 1. The van der Waals surface area contributed by atoms with E-state index in [9.17, 15) is 9.90 Å². The number of ether oxygens (including phenoxy) is 1. The van der Waals surface area contributed by atoms with Crippen LogP contribution in [0.5, 0.6) is 5.75 Å². The minimum Gasteiger partial charge on any atom is -0.493 e. The monoisotopic (exact) mass is 448 g/mol. The van der Waals surface area contributed by atoms with Crippen molar-refractivity contribution in [3.05, 3.63) is 71.5 Å². The molecule has 162 valence electrons. The highest BCUT2D eigenvalue weighted by Crippen LogP contribution is 2.43. The molecule has 0 spiro atoms. The molecule has 0 saturated heterocycles. The highest BCUT2D eigenvalue weighted by molar-refractivity contribution is 7.23. The predicted octanol–water partition coefficient (Wildman–Crippen LogP) is 4.39. The number of anilines is 1. The van der Waals surface area contributed by atoms with Crippen molar-refractivity contribution in [2.45, 2.75) is 13.5 Å². The van der Waals surface area contributed by atoms with E-state index in [1.807, 2.05) is 31.2 Å². The first kappa shape index (κ1) is 21.4. The average molecular weight is 449 g/mol. The summed E-state index contributed by atoms with van der Waals surface area (Å²) in [4.78, 5) is 20.5. The fourth-order valence-electron chi connectivity index (χ4n) is 3.22. The molecule has 8 nitrogen and oxygen atoms in total. The van der Waals surface area contributed by atoms with Gasteiger partial charge in [0.15, 0.2) is 5.82 Å². The quantitative estimate of drug-likeness (QED) is 0.270. The van der Waals surface area contributed by atoms with Gasteiger partial charge >= 0.3 is 5.97 Å². The number of thiophene rings is 1. The zero-order valence-electron chi connectivity index (χ0n) is 17.1. The molecule has 0 fully saturated rings. The smallest absolute Gasteiger partial charge is 0.335 e. The standard InChI is InChI=1S/C23H20N4O4S/c1-2-31-18-6-4-3-5-16(18)20-17(12-28)19-21(32-20)22(25-13-24-19)27-26-11-14-7-9-15(10-8-14)23(29)30/h3-11,13,28H,2,12H2,1H3,(H,29,30)(H,24,25,27)/b26-11+. The average Bonchev–Trinajstić information content (AvgIpc) is 3.19. The lowest BCUT2D eigenvalue weighted by Crippen LogP contribution is -1.97. The fraction of sp³-hybridized carbons (Fsp3) is 0.130. The number of aliphatic hydroxyl groups excluding tert-OH is 1. The Balaban J connectivity index is 1.67. The maximum atomic E-state index is 11.0. The van der Waals surface area contributed by atoms with E-state index in [1.54, 1.807) is 18.3 Å². The van der Waals surface area contributed by atoms with Gasteiger partial charge in [-0.25, -0.2) is 14.8 Å². The number of nitrogens with zero attached hydrogens (tertiary/aromatic N) is 3. The molecule has 4 aromatic rings. The van der Waals surface area contributed by atoms with Crippen LogP contribution in [0.25, 0.3) is 20.7 Å². The molecule has 2 aromatic carbocycles. The normalized spacial score (nSPS) is 11.2. The number of para-hydroxylation sites is 1. The summed E-state index contributed by atoms with van der Waals surface area (Å²) in [6.45, 7) is 2.28. The first-order valence-electron chi connectivity index (χ1n) is 9.84. The number of carbonyl (C=O) groups is 1. The number of carboxylic acids is 1. The van der Waals surface area contributed by atoms with Crippen LogP contribution in [0.3, 0.4) is 0 Å². The van der Waals surface area contributed by atoms with Gasteiger partial charge in [-0.15, -0.1) is 11.3 Å². The highest BCUT2D eigenvalue weighted by Gasteiger charge is 2.19. The molecule has 0 radical (unpaired) electrons. The van der Waals surface area contributed by atoms with Crippen molar-refractivity contribution in [1.29, 1.82) is 0 Å². The van der Waals surface area contributed by atoms with Crippen molar-refractivity contribution in [1.82, 2.24) is 9.97 Å². The van der Waals surface area contributed by atoms with Gasteiger partial charge in [0.1, 0.15) is 12.1 Å². The molecule has 0 bridgehead atoms. The van der Waals surface area contributed by atoms with Gasteiger partial charge in [0.25, 0.3) is 0 Å². The maximum absolute atomic E-state index is 11.0. The molecule has 0 unspecified atom stereocenters. The van der Waals surface area contributed by atoms with Gasteiger partial charge in [0.2, 0.25) is 0 Å². The summed E-state index contributed by atoms with van der Waals surface area (Å²) >= 11 is 1.45. The summed E-state index contributed by atoms with van der Waals surface area (Å²) in [5, 5.41) is 23.3. The zero-order chi connectivity index (χ0) is 22.5. The Morgan fingerprint density at radius 2 is 1.97 bits per heavy atom. The van der Waals surface area contributed by atoms with Crippen molar-refractivity contribution in [3.8, 4) is 16.2 Å². The van der Waals surface area contributed by atoms with E-state index in [0.717, 1.165) is 26.5 Å². The number of carboxylic acid groups (broad SMARTS) is 1. The van der Waals surface area contributed by atoms with Gasteiger partial charge in [-0.2, -0.15) is 5.10 Å². The largest absolute Gasteiger partial charge is 0.493 e. The van der Waals surface area contributed by atoms with Gasteiger partial charge < -0.3 is 14.9 Å². The van der Waals surface area contributed by atoms with Crippen molar-refractivity contribution in [3.63, 3.8) is 0 Å². The summed E-state index contributed by atoms with van der Waals surface area (Å²) in [5.41, 5.74) is 6.12. The molecular weight excluding hydrogens is 428 g/mol. The van der Waals surface area contributed by atoms with Gasteiger partial charge in [-0.3, -0.25) is 5.43 Å². The van der Waals surface area contributed by atoms with E-state index in [0.29, 0.717) is 23.5 Å². The van der Waals surface area contributed by atoms with E-state index in [1.165, 1.54) is 29.8 Å². The molecule has 32 heavy (non-hydrogen) atoms. The Bertz CT molecular complexity index is 1290. The number of benzene rings is 2. The molecule has 0 aliphatic heterocycles. The number of rotatable bonds is 8. The maximum Gasteiger partial charge on any atom is 0.335 e. The number of fused-ring (bicyclic) bond motifs is 1. The number of aliphatic hydroxyl groups is 1. The Kier molecular flexibility index (Phi) is 6.39. The van der Waals surface area contributed by atoms with Crippen LogP contribution >= 0.6 is 11.3 Å². The van der Waals surface area contributed by atoms with Gasteiger partial charge in [0, 0.05) is 16.0 Å². The van der Waals surface area contributed by atoms with E-state index in [4.69, 9.17) is 9.84 Å². The zero-order valence-corrected chi connectivity index (χ0v) is 18.0. The lowest BCUT2D eigenvalue weighted by Gasteiger charge is -2.09. The van der Waals surface area contributed by atoms with Gasteiger partial charge in [-0.05, 0) is 36.8 Å². The predicted molar refractivity (Wildman–Crippen MR) is 125 cm³/mol. The molecule has 0 aliphatic carbocycles. The number of aromatic nitrogens is 2. The summed E-state index contributed by atoms with van der Waals surface area (Å²) < 4.78 is 6.53. The topological polar surface area (TPSA) is 117 Å². The molecule has 0 atom stereocenters. The fourth-order valence-corrected chi connectivity index (χ4v) is 4.45. The number of aromatic carboxylic acids is 1. The van der Waals surface area contributed by atoms with Crippen molar-refractivity contribution in [2.75, 3.05) is 12.0 Å². The van der Waals surface area contributed by atoms with E-state index in [-0.39, 0.29) is 12.2 Å². The van der Waals surface area contributed by atoms with E-state index in [2.05, 4.69) is 20.5 Å². The summed E-state index contributed by atoms with van der Waals surface area (Å²) in [6.07, 6.45) is 3.00. The Labute approximate surface area is 187 Å². The lowest BCUT2D eigenvalue weighted by atomic mass is 10.1. The third-order valence-corrected chi connectivity index (χ3v) is 5.96. The molecule has 3 N–H and O–H groups in total. The van der Waals surface area contributed by atoms with Crippen LogP contribution in [-0.4, -0.2) is 39.0 Å². The number of hydrazone groups is 1.